The number of hydrogen-bond donors (Lipinski definition) is 1. The van der Waals surface area contributed by atoms with Gasteiger partial charge >= 0.3 is 0 Å². The summed E-state index contributed by atoms with van der Waals surface area (Å²) in [6, 6.07) is 12.3. The Bertz CT molecular complexity index is 797. The molecule has 0 aliphatic heterocycles. The zero-order valence-electron chi connectivity index (χ0n) is 13.0. The molecule has 0 spiro atoms. The summed E-state index contributed by atoms with van der Waals surface area (Å²) in [6.45, 7) is 0.149. The summed E-state index contributed by atoms with van der Waals surface area (Å²) in [4.78, 5) is 12.2. The van der Waals surface area contributed by atoms with Gasteiger partial charge in [0.1, 0.15) is 18.1 Å². The van der Waals surface area contributed by atoms with Gasteiger partial charge in [0.25, 0.3) is 5.91 Å². The van der Waals surface area contributed by atoms with E-state index in [1.807, 2.05) is 12.1 Å². The molecule has 0 unspecified atom stereocenters. The van der Waals surface area contributed by atoms with Crippen molar-refractivity contribution >= 4 is 28.1 Å². The molecule has 0 saturated heterocycles. The predicted molar refractivity (Wildman–Crippen MR) is 96.5 cm³/mol. The molecular formula is C18H15BrN2O3. The number of ether oxygens (including phenoxy) is 2. The van der Waals surface area contributed by atoms with Gasteiger partial charge in [-0.05, 0) is 30.3 Å². The van der Waals surface area contributed by atoms with Crippen LogP contribution in [0.2, 0.25) is 0 Å². The van der Waals surface area contributed by atoms with E-state index >= 15 is 0 Å². The van der Waals surface area contributed by atoms with E-state index in [1.165, 1.54) is 13.3 Å². The Balaban J connectivity index is 2.12. The van der Waals surface area contributed by atoms with E-state index in [0.717, 1.165) is 4.47 Å². The maximum Gasteiger partial charge on any atom is 0.275 e. The lowest BCUT2D eigenvalue weighted by atomic mass is 10.2. The van der Waals surface area contributed by atoms with Crippen LogP contribution in [0.15, 0.2) is 52.0 Å². The van der Waals surface area contributed by atoms with Crippen molar-refractivity contribution in [1.29, 1.82) is 0 Å². The average Bonchev–Trinajstić information content (AvgIpc) is 2.61. The van der Waals surface area contributed by atoms with E-state index in [1.54, 1.807) is 30.3 Å². The van der Waals surface area contributed by atoms with Crippen LogP contribution in [0.5, 0.6) is 11.5 Å². The van der Waals surface area contributed by atoms with Crippen LogP contribution in [0.25, 0.3) is 0 Å². The Labute approximate surface area is 148 Å². The van der Waals surface area contributed by atoms with Gasteiger partial charge in [-0.2, -0.15) is 5.10 Å². The number of amides is 1. The maximum absolute atomic E-state index is 12.2. The fourth-order valence-electron chi connectivity index (χ4n) is 1.92. The molecule has 2 aromatic carbocycles. The van der Waals surface area contributed by atoms with Crippen molar-refractivity contribution in [1.82, 2.24) is 5.43 Å². The molecule has 6 heteroatoms. The molecule has 0 aliphatic carbocycles. The molecule has 0 radical (unpaired) electrons. The van der Waals surface area contributed by atoms with Gasteiger partial charge in [0.05, 0.1) is 18.9 Å². The molecule has 0 fully saturated rings. The molecule has 1 N–H and O–H groups in total. The largest absolute Gasteiger partial charge is 0.496 e. The number of carbonyl (C=O) groups excluding carboxylic acids is 1. The third kappa shape index (κ3) is 4.61. The molecule has 5 nitrogen and oxygen atoms in total. The summed E-state index contributed by atoms with van der Waals surface area (Å²) in [5.41, 5.74) is 3.54. The SMILES string of the molecule is C#CCOc1ccc(Br)cc1/C=N\NC(=O)c1ccccc1OC. The molecule has 0 bridgehead atoms. The molecule has 1 amide bonds. The van der Waals surface area contributed by atoms with Crippen molar-refractivity contribution in [3.05, 3.63) is 58.1 Å². The summed E-state index contributed by atoms with van der Waals surface area (Å²) in [5, 5.41) is 3.97. The molecule has 122 valence electrons. The molecule has 2 aromatic rings. The molecule has 24 heavy (non-hydrogen) atoms. The molecule has 0 atom stereocenters. The van der Waals surface area contributed by atoms with Crippen molar-refractivity contribution in [3.8, 4) is 23.8 Å². The normalized spacial score (nSPS) is 10.2. The minimum atomic E-state index is -0.371. The number of hydrazone groups is 1. The first-order chi connectivity index (χ1) is 11.7. The van der Waals surface area contributed by atoms with Crippen LogP contribution in [0.1, 0.15) is 15.9 Å². The molecular weight excluding hydrogens is 372 g/mol. The number of methoxy groups -OCH3 is 1. The van der Waals surface area contributed by atoms with Gasteiger partial charge in [-0.25, -0.2) is 5.43 Å². The zero-order valence-corrected chi connectivity index (χ0v) is 14.5. The topological polar surface area (TPSA) is 59.9 Å². The summed E-state index contributed by atoms with van der Waals surface area (Å²) < 4.78 is 11.4. The highest BCUT2D eigenvalue weighted by Gasteiger charge is 2.10. The van der Waals surface area contributed by atoms with Crippen LogP contribution in [0.4, 0.5) is 0 Å². The van der Waals surface area contributed by atoms with Crippen LogP contribution in [0.3, 0.4) is 0 Å². The first-order valence-electron chi connectivity index (χ1n) is 6.98. The molecule has 2 rings (SSSR count). The van der Waals surface area contributed by atoms with Gasteiger partial charge in [-0.15, -0.1) is 6.42 Å². The number of nitrogens with zero attached hydrogens (tertiary/aromatic N) is 1. The van der Waals surface area contributed by atoms with Crippen LogP contribution in [-0.4, -0.2) is 25.8 Å². The minimum absolute atomic E-state index is 0.149. The Morgan fingerprint density at radius 1 is 1.33 bits per heavy atom. The van der Waals surface area contributed by atoms with Gasteiger partial charge in [-0.3, -0.25) is 4.79 Å². The maximum atomic E-state index is 12.2. The van der Waals surface area contributed by atoms with Gasteiger partial charge < -0.3 is 9.47 Å². The average molecular weight is 387 g/mol. The molecule has 0 aliphatic rings. The number of nitrogens with one attached hydrogen (secondary N) is 1. The first kappa shape index (κ1) is 17.6. The summed E-state index contributed by atoms with van der Waals surface area (Å²) in [5.74, 6) is 3.09. The summed E-state index contributed by atoms with van der Waals surface area (Å²) in [6.07, 6.45) is 6.69. The van der Waals surface area contributed by atoms with Crippen molar-refractivity contribution in [2.75, 3.05) is 13.7 Å². The second kappa shape index (κ2) is 8.75. The second-order valence-electron chi connectivity index (χ2n) is 4.57. The van der Waals surface area contributed by atoms with Crippen LogP contribution in [-0.2, 0) is 0 Å². The first-order valence-corrected chi connectivity index (χ1v) is 7.77. The van der Waals surface area contributed by atoms with Gasteiger partial charge in [0.2, 0.25) is 0 Å². The smallest absolute Gasteiger partial charge is 0.275 e. The third-order valence-corrected chi connectivity index (χ3v) is 3.50. The monoisotopic (exact) mass is 386 g/mol. The van der Waals surface area contributed by atoms with Crippen LogP contribution < -0.4 is 14.9 Å². The van der Waals surface area contributed by atoms with Crippen molar-refractivity contribution in [2.24, 2.45) is 5.10 Å². The lowest BCUT2D eigenvalue weighted by Gasteiger charge is -2.07. The molecule has 0 aromatic heterocycles. The summed E-state index contributed by atoms with van der Waals surface area (Å²) >= 11 is 3.38. The number of halogens is 1. The highest BCUT2D eigenvalue weighted by atomic mass is 79.9. The Morgan fingerprint density at radius 2 is 2.12 bits per heavy atom. The Kier molecular flexibility index (Phi) is 6.41. The third-order valence-electron chi connectivity index (χ3n) is 3.00. The Morgan fingerprint density at radius 3 is 2.88 bits per heavy atom. The van der Waals surface area contributed by atoms with E-state index in [-0.39, 0.29) is 12.5 Å². The van der Waals surface area contributed by atoms with Crippen molar-refractivity contribution in [3.63, 3.8) is 0 Å². The molecule has 0 saturated carbocycles. The number of carbonyl (C=O) groups is 1. The lowest BCUT2D eigenvalue weighted by Crippen LogP contribution is -2.18. The van der Waals surface area contributed by atoms with E-state index in [0.29, 0.717) is 22.6 Å². The standard InChI is InChI=1S/C18H15BrN2O3/c1-3-10-24-16-9-8-14(19)11-13(16)12-20-21-18(22)15-6-4-5-7-17(15)23-2/h1,4-9,11-12H,10H2,2H3,(H,21,22)/b20-12-. The predicted octanol–water partition coefficient (Wildman–Crippen LogP) is 3.23. The van der Waals surface area contributed by atoms with Crippen LogP contribution in [0, 0.1) is 12.3 Å². The number of para-hydroxylation sites is 1. The van der Waals surface area contributed by atoms with E-state index < -0.39 is 0 Å². The molecule has 0 heterocycles. The zero-order chi connectivity index (χ0) is 17.4. The van der Waals surface area contributed by atoms with E-state index in [4.69, 9.17) is 15.9 Å². The van der Waals surface area contributed by atoms with Gasteiger partial charge in [0, 0.05) is 10.0 Å². The van der Waals surface area contributed by atoms with Gasteiger partial charge in [-0.1, -0.05) is 34.0 Å². The minimum Gasteiger partial charge on any atom is -0.496 e. The highest BCUT2D eigenvalue weighted by Crippen LogP contribution is 2.22. The Hall–Kier alpha value is -2.78. The number of rotatable bonds is 6. The number of terminal acetylenes is 1. The van der Waals surface area contributed by atoms with E-state index in [9.17, 15) is 4.79 Å². The van der Waals surface area contributed by atoms with Crippen molar-refractivity contribution in [2.45, 2.75) is 0 Å². The van der Waals surface area contributed by atoms with Crippen molar-refractivity contribution < 1.29 is 14.3 Å². The highest BCUT2D eigenvalue weighted by molar-refractivity contribution is 9.10. The van der Waals surface area contributed by atoms with E-state index in [2.05, 4.69) is 32.4 Å². The number of hydrogen-bond acceptors (Lipinski definition) is 4. The quantitative estimate of drug-likeness (QED) is 0.470. The van der Waals surface area contributed by atoms with Crippen LogP contribution >= 0.6 is 15.9 Å². The lowest BCUT2D eigenvalue weighted by molar-refractivity contribution is 0.0952. The fourth-order valence-corrected chi connectivity index (χ4v) is 2.30. The second-order valence-corrected chi connectivity index (χ2v) is 5.49. The van der Waals surface area contributed by atoms with Gasteiger partial charge in [0.15, 0.2) is 0 Å². The fraction of sp³-hybridized carbons (Fsp3) is 0.111. The summed E-state index contributed by atoms with van der Waals surface area (Å²) in [7, 11) is 1.51. The number of benzene rings is 2.